The number of carbonyl (C=O) groups is 1. The number of nitrogens with zero attached hydrogens (tertiary/aromatic N) is 5. The van der Waals surface area contributed by atoms with Crippen molar-refractivity contribution >= 4 is 17.8 Å². The van der Waals surface area contributed by atoms with E-state index in [-0.39, 0.29) is 12.5 Å². The molecule has 9 heteroatoms. The lowest BCUT2D eigenvalue weighted by Gasteiger charge is -2.29. The molecule has 5 rings (SSSR count). The van der Waals surface area contributed by atoms with E-state index in [9.17, 15) is 10.1 Å². The van der Waals surface area contributed by atoms with Crippen LogP contribution in [0.4, 0.5) is 4.79 Å². The second kappa shape index (κ2) is 10.2. The lowest BCUT2D eigenvalue weighted by atomic mass is 9.78. The Morgan fingerprint density at radius 1 is 1.05 bits per heavy atom. The first-order valence-corrected chi connectivity index (χ1v) is 13.0. The van der Waals surface area contributed by atoms with E-state index in [1.165, 1.54) is 5.56 Å². The predicted molar refractivity (Wildman–Crippen MR) is 138 cm³/mol. The lowest BCUT2D eigenvalue weighted by molar-refractivity contribution is -0.155. The van der Waals surface area contributed by atoms with Crippen molar-refractivity contribution in [1.82, 2.24) is 19.8 Å². The largest absolute Gasteiger partial charge is 0.528 e. The maximum absolute atomic E-state index is 12.4. The third-order valence-corrected chi connectivity index (χ3v) is 7.11. The number of hydroxylamine groups is 2. The number of nitriles is 1. The Labute approximate surface area is 221 Å². The molecular formula is C28H30ClN5O3. The summed E-state index contributed by atoms with van der Waals surface area (Å²) in [5.41, 5.74) is 3.13. The molecule has 0 radical (unpaired) electrons. The first kappa shape index (κ1) is 25.2. The molecule has 192 valence electrons. The van der Waals surface area contributed by atoms with Crippen LogP contribution in [-0.4, -0.2) is 31.6 Å². The summed E-state index contributed by atoms with van der Waals surface area (Å²) in [6.07, 6.45) is 3.22. The fourth-order valence-electron chi connectivity index (χ4n) is 5.25. The van der Waals surface area contributed by atoms with Crippen molar-refractivity contribution in [1.29, 1.82) is 5.26 Å². The molecule has 37 heavy (non-hydrogen) atoms. The first-order valence-electron chi connectivity index (χ1n) is 12.6. The summed E-state index contributed by atoms with van der Waals surface area (Å²) in [5, 5.41) is 20.5. The third kappa shape index (κ3) is 5.63. The monoisotopic (exact) mass is 519 g/mol. The van der Waals surface area contributed by atoms with Crippen LogP contribution in [-0.2, 0) is 22.7 Å². The van der Waals surface area contributed by atoms with Gasteiger partial charge in [-0.05, 0) is 93.8 Å². The Bertz CT molecular complexity index is 1350. The van der Waals surface area contributed by atoms with Gasteiger partial charge in [-0.1, -0.05) is 23.7 Å². The highest BCUT2D eigenvalue weighted by Crippen LogP contribution is 2.41. The van der Waals surface area contributed by atoms with Crippen LogP contribution in [0.15, 0.2) is 42.5 Å². The molecule has 3 aromatic rings. The van der Waals surface area contributed by atoms with Crippen molar-refractivity contribution in [3.8, 4) is 11.8 Å². The topological polar surface area (TPSA) is 93.3 Å². The second-order valence-electron chi connectivity index (χ2n) is 10.7. The molecule has 1 aromatic heterocycles. The fourth-order valence-corrected chi connectivity index (χ4v) is 5.44. The quantitative estimate of drug-likeness (QED) is 0.369. The summed E-state index contributed by atoms with van der Waals surface area (Å²) in [5.74, 6) is 2.30. The van der Waals surface area contributed by atoms with Crippen molar-refractivity contribution in [3.05, 3.63) is 75.8 Å². The van der Waals surface area contributed by atoms with Crippen molar-refractivity contribution < 1.29 is 14.4 Å². The van der Waals surface area contributed by atoms with Gasteiger partial charge in [0, 0.05) is 10.9 Å². The Kier molecular flexibility index (Phi) is 6.93. The van der Waals surface area contributed by atoms with Crippen LogP contribution in [0.2, 0.25) is 5.02 Å². The molecule has 2 heterocycles. The van der Waals surface area contributed by atoms with Gasteiger partial charge in [-0.3, -0.25) is 4.57 Å². The smallest absolute Gasteiger partial charge is 0.427 e. The minimum atomic E-state index is -0.761. The molecule has 0 saturated heterocycles. The van der Waals surface area contributed by atoms with E-state index in [4.69, 9.17) is 21.2 Å². The number of halogens is 1. The van der Waals surface area contributed by atoms with Crippen LogP contribution in [0, 0.1) is 11.3 Å². The van der Waals surface area contributed by atoms with Gasteiger partial charge in [0.1, 0.15) is 11.4 Å². The SMILES string of the molecule is CC(C)(C)OC(=O)ON1Cc2cc(Cl)ccc2-n2c(nnc2C2CCC(c3cccc(C#N)c3)CC2)C1. The van der Waals surface area contributed by atoms with Gasteiger partial charge in [0.2, 0.25) is 0 Å². The van der Waals surface area contributed by atoms with Gasteiger partial charge in [-0.2, -0.15) is 5.26 Å². The van der Waals surface area contributed by atoms with Gasteiger partial charge in [0.05, 0.1) is 30.4 Å². The van der Waals surface area contributed by atoms with Crippen molar-refractivity contribution in [3.63, 3.8) is 0 Å². The van der Waals surface area contributed by atoms with E-state index in [1.807, 2.05) is 36.4 Å². The van der Waals surface area contributed by atoms with Crippen LogP contribution in [0.1, 0.15) is 86.6 Å². The van der Waals surface area contributed by atoms with E-state index in [0.717, 1.165) is 42.8 Å². The molecule has 0 amide bonds. The van der Waals surface area contributed by atoms with Crippen molar-refractivity contribution in [2.24, 2.45) is 0 Å². The summed E-state index contributed by atoms with van der Waals surface area (Å²) < 4.78 is 7.46. The number of rotatable bonds is 3. The lowest BCUT2D eigenvalue weighted by Crippen LogP contribution is -2.31. The van der Waals surface area contributed by atoms with E-state index >= 15 is 0 Å². The summed E-state index contributed by atoms with van der Waals surface area (Å²) in [6.45, 7) is 6.01. The zero-order valence-corrected chi connectivity index (χ0v) is 22.0. The summed E-state index contributed by atoms with van der Waals surface area (Å²) >= 11 is 6.34. The van der Waals surface area contributed by atoms with Crippen LogP contribution >= 0.6 is 11.6 Å². The molecule has 0 N–H and O–H groups in total. The van der Waals surface area contributed by atoms with Crippen molar-refractivity contribution in [2.45, 2.75) is 77.0 Å². The van der Waals surface area contributed by atoms with E-state index in [2.05, 4.69) is 26.9 Å². The molecule has 8 nitrogen and oxygen atoms in total. The summed E-state index contributed by atoms with van der Waals surface area (Å²) in [4.78, 5) is 18.0. The minimum absolute atomic E-state index is 0.249. The molecule has 0 spiro atoms. The highest BCUT2D eigenvalue weighted by Gasteiger charge is 2.32. The van der Waals surface area contributed by atoms with Gasteiger partial charge in [0.25, 0.3) is 0 Å². The maximum Gasteiger partial charge on any atom is 0.528 e. The molecule has 1 aliphatic carbocycles. The summed E-state index contributed by atoms with van der Waals surface area (Å²) in [7, 11) is 0. The number of carbonyl (C=O) groups excluding carboxylic acids is 1. The predicted octanol–water partition coefficient (Wildman–Crippen LogP) is 6.42. The average molecular weight is 520 g/mol. The van der Waals surface area contributed by atoms with E-state index in [0.29, 0.717) is 28.9 Å². The summed E-state index contributed by atoms with van der Waals surface area (Å²) in [6, 6.07) is 15.9. The van der Waals surface area contributed by atoms with Gasteiger partial charge >= 0.3 is 6.16 Å². The van der Waals surface area contributed by atoms with Gasteiger partial charge in [0.15, 0.2) is 5.82 Å². The second-order valence-corrected chi connectivity index (χ2v) is 11.2. The highest BCUT2D eigenvalue weighted by atomic mass is 35.5. The Morgan fingerprint density at radius 2 is 1.81 bits per heavy atom. The van der Waals surface area contributed by atoms with Gasteiger partial charge < -0.3 is 9.57 Å². The molecule has 2 aromatic carbocycles. The molecule has 1 fully saturated rings. The van der Waals surface area contributed by atoms with E-state index < -0.39 is 11.8 Å². The molecule has 0 atom stereocenters. The Hall–Kier alpha value is -3.41. The number of ether oxygens (including phenoxy) is 1. The van der Waals surface area contributed by atoms with Crippen LogP contribution in [0.5, 0.6) is 0 Å². The zero-order chi connectivity index (χ0) is 26.2. The molecule has 1 aliphatic heterocycles. The number of benzene rings is 2. The standard InChI is InChI=1S/C28H30ClN5O3/c1-28(2,3)36-27(35)37-33-16-22-14-23(29)11-12-24(22)34-25(17-33)31-32-26(34)20-9-7-19(8-10-20)21-6-4-5-18(13-21)15-30/h4-6,11-14,19-20H,7-10,16-17H2,1-3H3. The normalized spacial score (nSPS) is 19.8. The van der Waals surface area contributed by atoms with Crippen LogP contribution < -0.4 is 0 Å². The first-order chi connectivity index (χ1) is 17.7. The minimum Gasteiger partial charge on any atom is -0.427 e. The number of hydrogen-bond acceptors (Lipinski definition) is 7. The number of aromatic nitrogens is 3. The molecule has 0 unspecified atom stereocenters. The fraction of sp³-hybridized carbons (Fsp3) is 0.429. The third-order valence-electron chi connectivity index (χ3n) is 6.87. The molecule has 1 saturated carbocycles. The molecule has 0 bridgehead atoms. The highest BCUT2D eigenvalue weighted by molar-refractivity contribution is 6.30. The van der Waals surface area contributed by atoms with Crippen LogP contribution in [0.3, 0.4) is 0 Å². The number of fused-ring (bicyclic) bond motifs is 3. The average Bonchev–Trinajstić information content (AvgIpc) is 3.19. The molecular weight excluding hydrogens is 490 g/mol. The molecule has 2 aliphatic rings. The Balaban J connectivity index is 1.39. The van der Waals surface area contributed by atoms with Crippen molar-refractivity contribution in [2.75, 3.05) is 0 Å². The van der Waals surface area contributed by atoms with E-state index in [1.54, 1.807) is 25.8 Å². The van der Waals surface area contributed by atoms with Gasteiger partial charge in [-0.25, -0.2) is 4.79 Å². The van der Waals surface area contributed by atoms with Crippen LogP contribution in [0.25, 0.3) is 5.69 Å². The Morgan fingerprint density at radius 3 is 2.54 bits per heavy atom. The van der Waals surface area contributed by atoms with Gasteiger partial charge in [-0.15, -0.1) is 15.3 Å². The maximum atomic E-state index is 12.4. The number of hydrogen-bond donors (Lipinski definition) is 0. The zero-order valence-electron chi connectivity index (χ0n) is 21.3.